The number of nitrogens with one attached hydrogen (secondary N) is 2. The molecule has 6 nitrogen and oxygen atoms in total. The fraction of sp³-hybridized carbons (Fsp3) is 0.235. The van der Waals surface area contributed by atoms with Crippen molar-refractivity contribution in [3.05, 3.63) is 56.1 Å². The van der Waals surface area contributed by atoms with Crippen molar-refractivity contribution in [2.75, 3.05) is 25.6 Å². The van der Waals surface area contributed by atoms with Crippen molar-refractivity contribution in [2.45, 2.75) is 6.10 Å². The number of methoxy groups -OCH3 is 1. The van der Waals surface area contributed by atoms with Crippen molar-refractivity contribution in [1.82, 2.24) is 5.48 Å². The molecule has 1 unspecified atom stereocenters. The number of anilines is 2. The Morgan fingerprint density at radius 2 is 1.96 bits per heavy atom. The van der Waals surface area contributed by atoms with Crippen LogP contribution in [0, 0.1) is 15.2 Å². The lowest BCUT2D eigenvalue weighted by Gasteiger charge is -2.15. The highest BCUT2D eigenvalue weighted by atomic mass is 127. The summed E-state index contributed by atoms with van der Waals surface area (Å²) in [5.74, 6) is -3.13. The standard InChI is InChI=1S/C17H16ClF2IN2O4/c1-26-10(7-24)8-27-23-17(25)11-5-13(19)14(20)6-16(11)22-15-3-2-9(21)4-12(15)18/h2-6,10,22,24H,7-8H2,1H3,(H,23,25). The molecule has 0 aliphatic carbocycles. The van der Waals surface area contributed by atoms with E-state index in [-0.39, 0.29) is 24.5 Å². The Hall–Kier alpha value is -1.53. The third-order valence-corrected chi connectivity index (χ3v) is 4.46. The Balaban J connectivity index is 2.22. The minimum absolute atomic E-state index is 0.00329. The van der Waals surface area contributed by atoms with Gasteiger partial charge in [-0.1, -0.05) is 11.6 Å². The molecule has 0 fully saturated rings. The SMILES string of the molecule is COC(CO)CONC(=O)c1cc(F)c(F)cc1Nc1ccc(I)cc1Cl. The van der Waals surface area contributed by atoms with Crippen LogP contribution in [0.3, 0.4) is 0 Å². The van der Waals surface area contributed by atoms with E-state index in [1.54, 1.807) is 18.2 Å². The molecule has 2 aromatic carbocycles. The summed E-state index contributed by atoms with van der Waals surface area (Å²) in [6.45, 7) is -0.441. The van der Waals surface area contributed by atoms with Gasteiger partial charge in [0, 0.05) is 16.7 Å². The van der Waals surface area contributed by atoms with Gasteiger partial charge in [-0.25, -0.2) is 14.3 Å². The Kier molecular flexibility index (Phi) is 8.17. The number of hydrogen-bond donors (Lipinski definition) is 3. The first-order valence-electron chi connectivity index (χ1n) is 7.62. The molecule has 0 saturated carbocycles. The van der Waals surface area contributed by atoms with Crippen LogP contribution in [-0.4, -0.2) is 37.4 Å². The number of carbonyl (C=O) groups excluding carboxylic acids is 1. The van der Waals surface area contributed by atoms with Crippen LogP contribution in [0.15, 0.2) is 30.3 Å². The molecule has 2 rings (SSSR count). The largest absolute Gasteiger partial charge is 0.394 e. The first kappa shape index (κ1) is 21.8. The van der Waals surface area contributed by atoms with Crippen LogP contribution in [0.2, 0.25) is 5.02 Å². The molecular weight excluding hydrogens is 497 g/mol. The van der Waals surface area contributed by atoms with Crippen molar-refractivity contribution in [2.24, 2.45) is 0 Å². The normalized spacial score (nSPS) is 11.9. The van der Waals surface area contributed by atoms with Crippen LogP contribution in [0.25, 0.3) is 0 Å². The fourth-order valence-corrected chi connectivity index (χ4v) is 2.93. The van der Waals surface area contributed by atoms with Gasteiger partial charge in [0.2, 0.25) is 0 Å². The highest BCUT2D eigenvalue weighted by Crippen LogP contribution is 2.30. The molecule has 0 heterocycles. The summed E-state index contributed by atoms with van der Waals surface area (Å²) < 4.78 is 33.1. The smallest absolute Gasteiger partial charge is 0.277 e. The maximum atomic E-state index is 13.7. The number of ether oxygens (including phenoxy) is 1. The van der Waals surface area contributed by atoms with E-state index in [4.69, 9.17) is 26.3 Å². The Morgan fingerprint density at radius 3 is 2.59 bits per heavy atom. The molecule has 0 aliphatic heterocycles. The molecule has 10 heteroatoms. The zero-order valence-electron chi connectivity index (χ0n) is 14.1. The highest BCUT2D eigenvalue weighted by Gasteiger charge is 2.18. The predicted molar refractivity (Wildman–Crippen MR) is 105 cm³/mol. The molecule has 1 amide bonds. The minimum atomic E-state index is -1.19. The topological polar surface area (TPSA) is 79.8 Å². The maximum Gasteiger partial charge on any atom is 0.277 e. The number of rotatable bonds is 8. The average molecular weight is 513 g/mol. The Bertz CT molecular complexity index is 822. The molecular formula is C17H16ClF2IN2O4. The summed E-state index contributed by atoms with van der Waals surface area (Å²) in [6.07, 6.45) is -0.640. The number of amides is 1. The number of aliphatic hydroxyl groups is 1. The molecule has 27 heavy (non-hydrogen) atoms. The van der Waals surface area contributed by atoms with Gasteiger partial charge < -0.3 is 15.2 Å². The van der Waals surface area contributed by atoms with Gasteiger partial charge in [-0.3, -0.25) is 9.63 Å². The van der Waals surface area contributed by atoms with E-state index >= 15 is 0 Å². The number of carbonyl (C=O) groups is 1. The van der Waals surface area contributed by atoms with E-state index in [0.29, 0.717) is 10.7 Å². The quantitative estimate of drug-likeness (QED) is 0.372. The molecule has 0 bridgehead atoms. The summed E-state index contributed by atoms with van der Waals surface area (Å²) in [4.78, 5) is 17.3. The second-order valence-electron chi connectivity index (χ2n) is 5.34. The second kappa shape index (κ2) is 10.1. The second-order valence-corrected chi connectivity index (χ2v) is 7.00. The predicted octanol–water partition coefficient (Wildman–Crippen LogP) is 3.64. The summed E-state index contributed by atoms with van der Waals surface area (Å²) in [7, 11) is 1.37. The van der Waals surface area contributed by atoms with Crippen molar-refractivity contribution >= 4 is 51.5 Å². The van der Waals surface area contributed by atoms with Crippen LogP contribution in [-0.2, 0) is 9.57 Å². The third-order valence-electron chi connectivity index (χ3n) is 3.48. The monoisotopic (exact) mass is 512 g/mol. The first-order valence-corrected chi connectivity index (χ1v) is 9.08. The first-order chi connectivity index (χ1) is 12.8. The van der Waals surface area contributed by atoms with Gasteiger partial charge in [0.1, 0.15) is 12.7 Å². The van der Waals surface area contributed by atoms with Crippen molar-refractivity contribution < 1.29 is 28.3 Å². The van der Waals surface area contributed by atoms with E-state index in [9.17, 15) is 13.6 Å². The molecule has 2 aromatic rings. The number of hydrogen-bond acceptors (Lipinski definition) is 5. The van der Waals surface area contributed by atoms with Gasteiger partial charge in [0.15, 0.2) is 11.6 Å². The highest BCUT2D eigenvalue weighted by molar-refractivity contribution is 14.1. The van der Waals surface area contributed by atoms with Gasteiger partial charge in [-0.05, 0) is 46.9 Å². The number of hydroxylamine groups is 1. The Labute approximate surface area is 172 Å². The zero-order valence-corrected chi connectivity index (χ0v) is 17.0. The molecule has 0 spiro atoms. The average Bonchev–Trinajstić information content (AvgIpc) is 2.63. The van der Waals surface area contributed by atoms with E-state index in [1.807, 2.05) is 0 Å². The minimum Gasteiger partial charge on any atom is -0.394 e. The van der Waals surface area contributed by atoms with Gasteiger partial charge in [0.05, 0.1) is 28.6 Å². The molecule has 1 atom stereocenters. The summed E-state index contributed by atoms with van der Waals surface area (Å²) >= 11 is 8.21. The van der Waals surface area contributed by atoms with E-state index in [0.717, 1.165) is 15.7 Å². The maximum absolute atomic E-state index is 13.7. The number of aliphatic hydroxyl groups excluding tert-OH is 1. The zero-order chi connectivity index (χ0) is 20.0. The molecule has 0 aromatic heterocycles. The van der Waals surface area contributed by atoms with E-state index in [2.05, 4.69) is 33.4 Å². The van der Waals surface area contributed by atoms with Gasteiger partial charge in [-0.2, -0.15) is 0 Å². The van der Waals surface area contributed by atoms with Gasteiger partial charge in [-0.15, -0.1) is 0 Å². The van der Waals surface area contributed by atoms with Crippen LogP contribution < -0.4 is 10.8 Å². The number of benzene rings is 2. The van der Waals surface area contributed by atoms with Crippen LogP contribution in [0.4, 0.5) is 20.2 Å². The molecule has 0 saturated heterocycles. The van der Waals surface area contributed by atoms with Crippen molar-refractivity contribution in [3.63, 3.8) is 0 Å². The lowest BCUT2D eigenvalue weighted by molar-refractivity contribution is -0.0469. The lowest BCUT2D eigenvalue weighted by atomic mass is 10.1. The lowest BCUT2D eigenvalue weighted by Crippen LogP contribution is -2.31. The van der Waals surface area contributed by atoms with Crippen molar-refractivity contribution in [3.8, 4) is 0 Å². The van der Waals surface area contributed by atoms with Crippen LogP contribution in [0.1, 0.15) is 10.4 Å². The molecule has 146 valence electrons. The summed E-state index contributed by atoms with van der Waals surface area (Å²) in [5.41, 5.74) is 2.33. The number of halogens is 4. The van der Waals surface area contributed by atoms with Crippen LogP contribution >= 0.6 is 34.2 Å². The van der Waals surface area contributed by atoms with Crippen molar-refractivity contribution in [1.29, 1.82) is 0 Å². The Morgan fingerprint density at radius 1 is 1.26 bits per heavy atom. The molecule has 0 aliphatic rings. The van der Waals surface area contributed by atoms with Crippen LogP contribution in [0.5, 0.6) is 0 Å². The third kappa shape index (κ3) is 5.98. The molecule has 0 radical (unpaired) electrons. The van der Waals surface area contributed by atoms with Gasteiger partial charge in [0.25, 0.3) is 5.91 Å². The summed E-state index contributed by atoms with van der Waals surface area (Å²) in [5, 5.41) is 12.2. The van der Waals surface area contributed by atoms with E-state index in [1.165, 1.54) is 7.11 Å². The summed E-state index contributed by atoms with van der Waals surface area (Å²) in [6, 6.07) is 6.68. The van der Waals surface area contributed by atoms with Gasteiger partial charge >= 0.3 is 0 Å². The van der Waals surface area contributed by atoms with E-state index < -0.39 is 23.6 Å². The fourth-order valence-electron chi connectivity index (χ4n) is 2.02. The molecule has 3 N–H and O–H groups in total.